The number of carbonyl (C=O) groups excluding carboxylic acids is 1. The van der Waals surface area contributed by atoms with Gasteiger partial charge in [-0.25, -0.2) is 9.38 Å². The molecule has 0 heterocycles. The first-order chi connectivity index (χ1) is 17.0. The number of amidine groups is 1. The van der Waals surface area contributed by atoms with E-state index in [4.69, 9.17) is 9.98 Å². The minimum Gasteiger partial charge on any atom is -0.314 e. The van der Waals surface area contributed by atoms with Crippen molar-refractivity contribution in [3.05, 3.63) is 75.6 Å². The lowest BCUT2D eigenvalue weighted by atomic mass is 10.0. The van der Waals surface area contributed by atoms with Crippen molar-refractivity contribution in [3.63, 3.8) is 0 Å². The Morgan fingerprint density at radius 1 is 1.09 bits per heavy atom. The summed E-state index contributed by atoms with van der Waals surface area (Å²) in [4.78, 5) is 33.2. The van der Waals surface area contributed by atoms with Crippen LogP contribution in [0.3, 0.4) is 0 Å². The van der Waals surface area contributed by atoms with Gasteiger partial charge in [0.25, 0.3) is 0 Å². The zero-order chi connectivity index (χ0) is 24.6. The van der Waals surface area contributed by atoms with E-state index in [1.54, 1.807) is 25.1 Å². The molecule has 0 aliphatic heterocycles. The molecular formula is C28H31FN4O2. The molecule has 4 rings (SSSR count). The van der Waals surface area contributed by atoms with E-state index in [0.717, 1.165) is 47.3 Å². The SMILES string of the molecule is CC(=NC1=C(N=CCC2CCCC2)c2ccc(N=O)cc2CCC1)NC(=O)Cc1ccc(F)cc1. The number of benzene rings is 2. The maximum atomic E-state index is 13.1. The molecule has 0 unspecified atom stereocenters. The minimum atomic E-state index is -0.329. The first-order valence-electron chi connectivity index (χ1n) is 12.3. The Morgan fingerprint density at radius 2 is 1.86 bits per heavy atom. The van der Waals surface area contributed by atoms with Gasteiger partial charge < -0.3 is 5.32 Å². The van der Waals surface area contributed by atoms with Gasteiger partial charge in [0.2, 0.25) is 5.91 Å². The fourth-order valence-corrected chi connectivity index (χ4v) is 4.85. The number of nitrogens with zero attached hydrogens (tertiary/aromatic N) is 3. The normalized spacial score (nSPS) is 16.9. The number of nitroso groups, excluding NO2 is 1. The fourth-order valence-electron chi connectivity index (χ4n) is 4.85. The van der Waals surface area contributed by atoms with Crippen molar-refractivity contribution < 1.29 is 9.18 Å². The highest BCUT2D eigenvalue weighted by molar-refractivity contribution is 5.98. The number of hydrogen-bond donors (Lipinski definition) is 1. The molecule has 0 aromatic heterocycles. The second-order valence-corrected chi connectivity index (χ2v) is 9.33. The standard InChI is InChI=1S/C28H31FN4O2/c1-19(32-27(34)17-21-9-11-23(29)12-10-21)31-26-8-4-7-22-18-24(33-35)13-14-25(22)28(26)30-16-15-20-5-2-3-6-20/h9-14,16,18,20H,2-8,15,17H2,1H3,(H,31,32,34). The second-order valence-electron chi connectivity index (χ2n) is 9.33. The van der Waals surface area contributed by atoms with Crippen molar-refractivity contribution >= 4 is 29.3 Å². The number of nitrogens with one attached hydrogen (secondary N) is 1. The Hall–Kier alpha value is -3.48. The number of halogens is 1. The quantitative estimate of drug-likeness (QED) is 0.277. The lowest BCUT2D eigenvalue weighted by molar-refractivity contribution is -0.119. The van der Waals surface area contributed by atoms with Gasteiger partial charge in [-0.15, -0.1) is 4.91 Å². The Labute approximate surface area is 205 Å². The molecule has 2 aliphatic rings. The Morgan fingerprint density at radius 3 is 2.60 bits per heavy atom. The van der Waals surface area contributed by atoms with E-state index in [2.05, 4.69) is 10.5 Å². The molecule has 2 aliphatic carbocycles. The summed E-state index contributed by atoms with van der Waals surface area (Å²) in [5, 5.41) is 5.94. The van der Waals surface area contributed by atoms with Crippen molar-refractivity contribution in [2.24, 2.45) is 21.1 Å². The van der Waals surface area contributed by atoms with E-state index in [9.17, 15) is 14.1 Å². The summed E-state index contributed by atoms with van der Waals surface area (Å²) >= 11 is 0. The fraction of sp³-hybridized carbons (Fsp3) is 0.393. The molecule has 0 saturated heterocycles. The van der Waals surface area contributed by atoms with Gasteiger partial charge in [0, 0.05) is 11.8 Å². The highest BCUT2D eigenvalue weighted by Gasteiger charge is 2.19. The van der Waals surface area contributed by atoms with E-state index in [1.165, 1.54) is 37.8 Å². The zero-order valence-electron chi connectivity index (χ0n) is 20.1. The largest absolute Gasteiger partial charge is 0.314 e. The molecule has 6 nitrogen and oxygen atoms in total. The van der Waals surface area contributed by atoms with Crippen LogP contribution in [0, 0.1) is 16.6 Å². The Kier molecular flexibility index (Phi) is 8.29. The van der Waals surface area contributed by atoms with E-state index >= 15 is 0 Å². The summed E-state index contributed by atoms with van der Waals surface area (Å²) in [5.41, 5.74) is 4.75. The predicted molar refractivity (Wildman–Crippen MR) is 138 cm³/mol. The molecule has 0 radical (unpaired) electrons. The van der Waals surface area contributed by atoms with Crippen LogP contribution in [-0.2, 0) is 17.6 Å². The Bertz CT molecular complexity index is 1160. The average molecular weight is 475 g/mol. The maximum Gasteiger partial charge on any atom is 0.229 e. The lowest BCUT2D eigenvalue weighted by Gasteiger charge is -2.11. The maximum absolute atomic E-state index is 13.1. The molecule has 35 heavy (non-hydrogen) atoms. The minimum absolute atomic E-state index is 0.142. The molecule has 7 heteroatoms. The van der Waals surface area contributed by atoms with Gasteiger partial charge >= 0.3 is 0 Å². The molecule has 0 bridgehead atoms. The molecule has 1 saturated carbocycles. The highest BCUT2D eigenvalue weighted by Crippen LogP contribution is 2.34. The van der Waals surface area contributed by atoms with Gasteiger partial charge in [-0.1, -0.05) is 43.9 Å². The van der Waals surface area contributed by atoms with Gasteiger partial charge in [-0.3, -0.25) is 9.79 Å². The number of rotatable bonds is 7. The summed E-state index contributed by atoms with van der Waals surface area (Å²) in [5.74, 6) is 0.640. The molecule has 0 atom stereocenters. The topological polar surface area (TPSA) is 83.2 Å². The number of carbonyl (C=O) groups is 1. The number of fused-ring (bicyclic) bond motifs is 1. The molecule has 182 valence electrons. The van der Waals surface area contributed by atoms with Crippen molar-refractivity contribution in [1.82, 2.24) is 5.32 Å². The number of amides is 1. The van der Waals surface area contributed by atoms with E-state index in [1.807, 2.05) is 18.3 Å². The van der Waals surface area contributed by atoms with Gasteiger partial charge in [0.15, 0.2) is 0 Å². The van der Waals surface area contributed by atoms with E-state index < -0.39 is 0 Å². The van der Waals surface area contributed by atoms with Crippen LogP contribution >= 0.6 is 0 Å². The molecule has 1 fully saturated rings. The van der Waals surface area contributed by atoms with Crippen molar-refractivity contribution in [2.45, 2.75) is 64.7 Å². The van der Waals surface area contributed by atoms with Crippen LogP contribution in [0.4, 0.5) is 10.1 Å². The summed E-state index contributed by atoms with van der Waals surface area (Å²) in [6.07, 6.45) is 10.5. The highest BCUT2D eigenvalue weighted by atomic mass is 19.1. The van der Waals surface area contributed by atoms with Crippen molar-refractivity contribution in [3.8, 4) is 0 Å². The second kappa shape index (κ2) is 11.8. The van der Waals surface area contributed by atoms with Crippen LogP contribution in [0.15, 0.2) is 63.3 Å². The summed E-state index contributed by atoms with van der Waals surface area (Å²) < 4.78 is 13.1. The van der Waals surface area contributed by atoms with Crippen LogP contribution in [0.25, 0.3) is 5.70 Å². The molecule has 2 aromatic rings. The van der Waals surface area contributed by atoms with Crippen LogP contribution in [0.1, 0.15) is 68.6 Å². The monoisotopic (exact) mass is 474 g/mol. The van der Waals surface area contributed by atoms with Crippen LogP contribution < -0.4 is 5.32 Å². The molecule has 1 N–H and O–H groups in total. The zero-order valence-corrected chi connectivity index (χ0v) is 20.1. The van der Waals surface area contributed by atoms with Crippen LogP contribution in [0.5, 0.6) is 0 Å². The summed E-state index contributed by atoms with van der Waals surface area (Å²) in [6, 6.07) is 11.3. The van der Waals surface area contributed by atoms with Gasteiger partial charge in [-0.2, -0.15) is 0 Å². The molecule has 1 amide bonds. The van der Waals surface area contributed by atoms with Gasteiger partial charge in [-0.05, 0) is 79.1 Å². The first kappa shape index (κ1) is 24.6. The summed E-state index contributed by atoms with van der Waals surface area (Å²) in [6.45, 7) is 1.76. The average Bonchev–Trinajstić information content (AvgIpc) is 3.30. The number of allylic oxidation sites excluding steroid dienone is 1. The van der Waals surface area contributed by atoms with Crippen molar-refractivity contribution in [2.75, 3.05) is 0 Å². The molecular weight excluding hydrogens is 443 g/mol. The van der Waals surface area contributed by atoms with Crippen LogP contribution in [-0.4, -0.2) is 18.0 Å². The number of aliphatic imine (C=N–C) groups is 2. The number of aryl methyl sites for hydroxylation is 1. The van der Waals surface area contributed by atoms with Gasteiger partial charge in [0.05, 0.1) is 17.8 Å². The van der Waals surface area contributed by atoms with Gasteiger partial charge in [0.1, 0.15) is 17.3 Å². The first-order valence-corrected chi connectivity index (χ1v) is 12.3. The smallest absolute Gasteiger partial charge is 0.229 e. The van der Waals surface area contributed by atoms with E-state index in [-0.39, 0.29) is 18.1 Å². The number of hydrogen-bond acceptors (Lipinski definition) is 5. The lowest BCUT2D eigenvalue weighted by Crippen LogP contribution is -2.29. The van der Waals surface area contributed by atoms with Crippen molar-refractivity contribution in [1.29, 1.82) is 0 Å². The molecule has 2 aromatic carbocycles. The Balaban J connectivity index is 1.58. The third kappa shape index (κ3) is 6.78. The predicted octanol–water partition coefficient (Wildman–Crippen LogP) is 6.66. The molecule has 0 spiro atoms. The third-order valence-corrected chi connectivity index (χ3v) is 6.62. The van der Waals surface area contributed by atoms with E-state index in [0.29, 0.717) is 23.9 Å². The third-order valence-electron chi connectivity index (χ3n) is 6.62. The summed E-state index contributed by atoms with van der Waals surface area (Å²) in [7, 11) is 0. The van der Waals surface area contributed by atoms with Crippen LogP contribution in [0.2, 0.25) is 0 Å².